The van der Waals surface area contributed by atoms with Crippen molar-refractivity contribution in [2.75, 3.05) is 26.3 Å². The maximum Gasteiger partial charge on any atom is 0.129 e. The van der Waals surface area contributed by atoms with Gasteiger partial charge in [0.25, 0.3) is 0 Å². The van der Waals surface area contributed by atoms with Crippen molar-refractivity contribution in [1.82, 2.24) is 20.2 Å². The number of halogens is 2. The number of nitrogens with zero attached hydrogens (tertiary/aromatic N) is 4. The summed E-state index contributed by atoms with van der Waals surface area (Å²) in [5.74, 6) is 1.57. The predicted molar refractivity (Wildman–Crippen MR) is 137 cm³/mol. The lowest BCUT2D eigenvalue weighted by Crippen LogP contribution is -2.28. The fourth-order valence-corrected chi connectivity index (χ4v) is 4.87. The molecule has 3 heterocycles. The second kappa shape index (κ2) is 10.3. The topological polar surface area (TPSA) is 66.6 Å². The van der Waals surface area contributed by atoms with Crippen LogP contribution in [0.25, 0.3) is 11.0 Å². The van der Waals surface area contributed by atoms with Crippen molar-refractivity contribution < 1.29 is 0 Å². The maximum atomic E-state index is 6.38. The molecular weight excluding hydrogens is 455 g/mol. The molecule has 172 valence electrons. The molecule has 3 aromatic rings. The number of hydrogen-bond acceptors (Lipinski definition) is 5. The second-order valence-electron chi connectivity index (χ2n) is 8.68. The van der Waals surface area contributed by atoms with Gasteiger partial charge >= 0.3 is 0 Å². The SMILES string of the molecule is Clc1cc2nc(C3CCNCC3)n(Cc3ccc(CNCCC4=NCN=C4)cc3)c2cc1Cl. The highest BCUT2D eigenvalue weighted by molar-refractivity contribution is 6.42. The largest absolute Gasteiger partial charge is 0.323 e. The Hall–Kier alpha value is -2.25. The van der Waals surface area contributed by atoms with E-state index in [-0.39, 0.29) is 0 Å². The third-order valence-corrected chi connectivity index (χ3v) is 7.09. The fraction of sp³-hybridized carbons (Fsp3) is 0.400. The van der Waals surface area contributed by atoms with E-state index in [2.05, 4.69) is 49.5 Å². The number of nitrogens with one attached hydrogen (secondary N) is 2. The first-order chi connectivity index (χ1) is 16.2. The van der Waals surface area contributed by atoms with Crippen LogP contribution in [0.15, 0.2) is 46.4 Å². The summed E-state index contributed by atoms with van der Waals surface area (Å²) in [5, 5.41) is 8.06. The van der Waals surface area contributed by atoms with E-state index in [0.717, 1.165) is 74.6 Å². The van der Waals surface area contributed by atoms with E-state index < -0.39 is 0 Å². The number of hydrogen-bond donors (Lipinski definition) is 2. The first kappa shape index (κ1) is 22.5. The predicted octanol–water partition coefficient (Wildman–Crippen LogP) is 4.82. The number of benzene rings is 2. The number of rotatable bonds is 8. The molecule has 0 aliphatic carbocycles. The average Bonchev–Trinajstić information content (AvgIpc) is 3.47. The zero-order valence-electron chi connectivity index (χ0n) is 18.5. The van der Waals surface area contributed by atoms with Crippen molar-refractivity contribution in [2.45, 2.75) is 38.3 Å². The normalized spacial score (nSPS) is 16.6. The lowest BCUT2D eigenvalue weighted by Gasteiger charge is -2.23. The van der Waals surface area contributed by atoms with E-state index in [9.17, 15) is 0 Å². The van der Waals surface area contributed by atoms with Crippen LogP contribution in [0, 0.1) is 0 Å². The van der Waals surface area contributed by atoms with Gasteiger partial charge < -0.3 is 15.2 Å². The van der Waals surface area contributed by atoms with Crippen molar-refractivity contribution in [2.24, 2.45) is 9.98 Å². The summed E-state index contributed by atoms with van der Waals surface area (Å²) in [6, 6.07) is 12.7. The Kier molecular flexibility index (Phi) is 7.07. The van der Waals surface area contributed by atoms with Crippen molar-refractivity contribution >= 4 is 46.2 Å². The third-order valence-electron chi connectivity index (χ3n) is 6.37. The lowest BCUT2D eigenvalue weighted by molar-refractivity contribution is 0.435. The highest BCUT2D eigenvalue weighted by Crippen LogP contribution is 2.33. The monoisotopic (exact) mass is 482 g/mol. The van der Waals surface area contributed by atoms with Gasteiger partial charge in [-0.3, -0.25) is 9.98 Å². The maximum absolute atomic E-state index is 6.38. The van der Waals surface area contributed by atoms with E-state index in [1.165, 1.54) is 11.1 Å². The van der Waals surface area contributed by atoms with Gasteiger partial charge in [0, 0.05) is 38.2 Å². The molecule has 0 unspecified atom stereocenters. The molecule has 1 aromatic heterocycles. The second-order valence-corrected chi connectivity index (χ2v) is 9.50. The molecule has 5 rings (SSSR count). The highest BCUT2D eigenvalue weighted by Gasteiger charge is 2.23. The zero-order valence-corrected chi connectivity index (χ0v) is 20.0. The number of aliphatic imine (C=N–C) groups is 2. The van der Waals surface area contributed by atoms with Crippen molar-refractivity contribution in [1.29, 1.82) is 0 Å². The van der Waals surface area contributed by atoms with E-state index >= 15 is 0 Å². The van der Waals surface area contributed by atoms with Crippen LogP contribution in [0.1, 0.15) is 42.1 Å². The number of imidazole rings is 1. The molecule has 2 aliphatic rings. The molecule has 1 saturated heterocycles. The van der Waals surface area contributed by atoms with Crippen LogP contribution in [0.4, 0.5) is 0 Å². The van der Waals surface area contributed by atoms with Gasteiger partial charge in [0.1, 0.15) is 12.5 Å². The Morgan fingerprint density at radius 2 is 1.79 bits per heavy atom. The standard InChI is InChI=1S/C25H28Cl2N6/c26-21-11-23-24(12-22(21)27)33(25(32-23)19-5-8-28-9-6-19)15-18-3-1-17(2-4-18)13-29-10-7-20-14-30-16-31-20/h1-4,11-12,14,19,28-29H,5-10,13,15-16H2. The fourth-order valence-electron chi connectivity index (χ4n) is 4.55. The molecule has 8 heteroatoms. The summed E-state index contributed by atoms with van der Waals surface area (Å²) in [4.78, 5) is 13.5. The van der Waals surface area contributed by atoms with Crippen LogP contribution < -0.4 is 10.6 Å². The van der Waals surface area contributed by atoms with Crippen LogP contribution >= 0.6 is 23.2 Å². The average molecular weight is 483 g/mol. The quantitative estimate of drug-likeness (QED) is 0.452. The molecular formula is C25H28Cl2N6. The Balaban J connectivity index is 1.31. The molecule has 2 aromatic carbocycles. The van der Waals surface area contributed by atoms with Gasteiger partial charge in [-0.25, -0.2) is 4.98 Å². The number of fused-ring (bicyclic) bond motifs is 1. The summed E-state index contributed by atoms with van der Waals surface area (Å²) in [7, 11) is 0. The van der Waals surface area contributed by atoms with Crippen molar-refractivity contribution in [3.05, 3.63) is 63.4 Å². The molecule has 33 heavy (non-hydrogen) atoms. The molecule has 0 radical (unpaired) electrons. The first-order valence-electron chi connectivity index (χ1n) is 11.5. The minimum Gasteiger partial charge on any atom is -0.323 e. The van der Waals surface area contributed by atoms with Crippen LogP contribution in [0.5, 0.6) is 0 Å². The summed E-state index contributed by atoms with van der Waals surface area (Å²) in [5.41, 5.74) is 5.55. The molecule has 0 atom stereocenters. The summed E-state index contributed by atoms with van der Waals surface area (Å²) in [6.45, 7) is 5.14. The van der Waals surface area contributed by atoms with E-state index in [1.54, 1.807) is 0 Å². The Morgan fingerprint density at radius 3 is 2.55 bits per heavy atom. The van der Waals surface area contributed by atoms with Crippen LogP contribution in [-0.2, 0) is 13.1 Å². The highest BCUT2D eigenvalue weighted by atomic mass is 35.5. The molecule has 6 nitrogen and oxygen atoms in total. The lowest BCUT2D eigenvalue weighted by atomic mass is 9.97. The molecule has 2 N–H and O–H groups in total. The van der Waals surface area contributed by atoms with Gasteiger partial charge in [0.05, 0.1) is 26.8 Å². The van der Waals surface area contributed by atoms with Crippen molar-refractivity contribution in [3.63, 3.8) is 0 Å². The summed E-state index contributed by atoms with van der Waals surface area (Å²) >= 11 is 12.7. The molecule has 1 fully saturated rings. The van der Waals surface area contributed by atoms with Gasteiger partial charge in [0.15, 0.2) is 0 Å². The van der Waals surface area contributed by atoms with Gasteiger partial charge in [-0.2, -0.15) is 0 Å². The van der Waals surface area contributed by atoms with Crippen LogP contribution in [0.2, 0.25) is 10.0 Å². The van der Waals surface area contributed by atoms with E-state index in [1.807, 2.05) is 18.3 Å². The first-order valence-corrected chi connectivity index (χ1v) is 12.3. The molecule has 0 bridgehead atoms. The summed E-state index contributed by atoms with van der Waals surface area (Å²) in [6.07, 6.45) is 4.97. The molecule has 0 saturated carbocycles. The Labute approximate surface area is 204 Å². The zero-order chi connectivity index (χ0) is 22.6. The minimum atomic E-state index is 0.439. The van der Waals surface area contributed by atoms with Crippen LogP contribution in [-0.4, -0.2) is 47.8 Å². The molecule has 0 amide bonds. The van der Waals surface area contributed by atoms with Crippen LogP contribution in [0.3, 0.4) is 0 Å². The third kappa shape index (κ3) is 5.30. The number of piperidine rings is 1. The van der Waals surface area contributed by atoms with Gasteiger partial charge in [-0.15, -0.1) is 0 Å². The van der Waals surface area contributed by atoms with E-state index in [0.29, 0.717) is 22.6 Å². The summed E-state index contributed by atoms with van der Waals surface area (Å²) < 4.78 is 2.32. The molecule has 0 spiro atoms. The van der Waals surface area contributed by atoms with Gasteiger partial charge in [0.2, 0.25) is 0 Å². The Morgan fingerprint density at radius 1 is 1.03 bits per heavy atom. The van der Waals surface area contributed by atoms with Gasteiger partial charge in [-0.1, -0.05) is 47.5 Å². The van der Waals surface area contributed by atoms with Crippen molar-refractivity contribution in [3.8, 4) is 0 Å². The van der Waals surface area contributed by atoms with E-state index in [4.69, 9.17) is 28.2 Å². The smallest absolute Gasteiger partial charge is 0.129 e. The van der Waals surface area contributed by atoms with Gasteiger partial charge in [-0.05, 0) is 49.2 Å². The molecule has 2 aliphatic heterocycles. The number of aromatic nitrogens is 2. The Bertz CT molecular complexity index is 1180. The minimum absolute atomic E-state index is 0.439.